The molecule has 0 bridgehead atoms. The number of ether oxygens (including phenoxy) is 1. The van der Waals surface area contributed by atoms with Gasteiger partial charge in [0, 0.05) is 41.9 Å². The highest BCUT2D eigenvalue weighted by Crippen LogP contribution is 2.26. The zero-order chi connectivity index (χ0) is 20.4. The average Bonchev–Trinajstić information content (AvgIpc) is 2.74. The second-order valence-corrected chi connectivity index (χ2v) is 7.47. The first-order valence-corrected chi connectivity index (χ1v) is 9.87. The molecule has 2 heterocycles. The number of anilines is 2. The minimum absolute atomic E-state index is 0.235. The Kier molecular flexibility index (Phi) is 5.60. The van der Waals surface area contributed by atoms with E-state index in [2.05, 4.69) is 20.2 Å². The van der Waals surface area contributed by atoms with E-state index < -0.39 is 0 Å². The molecule has 29 heavy (non-hydrogen) atoms. The topological polar surface area (TPSA) is 70.6 Å². The number of hydrogen-bond donors (Lipinski definition) is 1. The summed E-state index contributed by atoms with van der Waals surface area (Å²) in [5, 5.41) is 4.09. The highest BCUT2D eigenvalue weighted by atomic mass is 35.5. The smallest absolute Gasteiger partial charge is 0.323 e. The van der Waals surface area contributed by atoms with Crippen LogP contribution in [0.2, 0.25) is 10.0 Å². The Morgan fingerprint density at radius 2 is 1.66 bits per heavy atom. The molecule has 1 fully saturated rings. The summed E-state index contributed by atoms with van der Waals surface area (Å²) in [7, 11) is 1.49. The number of urea groups is 1. The quantitative estimate of drug-likeness (QED) is 0.669. The van der Waals surface area contributed by atoms with Crippen LogP contribution in [0.3, 0.4) is 0 Å². The van der Waals surface area contributed by atoms with Gasteiger partial charge in [0.05, 0.1) is 18.1 Å². The summed E-state index contributed by atoms with van der Waals surface area (Å²) >= 11 is 12.0. The largest absolute Gasteiger partial charge is 0.478 e. The Morgan fingerprint density at radius 1 is 0.966 bits per heavy atom. The van der Waals surface area contributed by atoms with E-state index in [0.29, 0.717) is 34.2 Å². The average molecular weight is 432 g/mol. The van der Waals surface area contributed by atoms with Gasteiger partial charge in [-0.05, 0) is 42.5 Å². The van der Waals surface area contributed by atoms with Crippen LogP contribution in [0.5, 0.6) is 5.88 Å². The Bertz CT molecular complexity index is 1040. The molecule has 4 rings (SSSR count). The third-order valence-corrected chi connectivity index (χ3v) is 5.26. The molecule has 9 heteroatoms. The molecule has 1 saturated heterocycles. The molecule has 7 nitrogen and oxygen atoms in total. The first-order chi connectivity index (χ1) is 14.0. The SMILES string of the molecule is COc1nc2cc(Cl)ccc2nc1NC(=O)N1CCN(c2ccc(Cl)cc2)CC1. The number of nitrogens with zero attached hydrogens (tertiary/aromatic N) is 4. The second kappa shape index (κ2) is 8.31. The lowest BCUT2D eigenvalue weighted by molar-refractivity contribution is 0.208. The predicted molar refractivity (Wildman–Crippen MR) is 115 cm³/mol. The van der Waals surface area contributed by atoms with Gasteiger partial charge in [-0.15, -0.1) is 0 Å². The van der Waals surface area contributed by atoms with Crippen LogP contribution in [0, 0.1) is 0 Å². The molecule has 0 atom stereocenters. The number of amides is 2. The number of carbonyl (C=O) groups is 1. The number of rotatable bonds is 3. The Morgan fingerprint density at radius 3 is 2.34 bits per heavy atom. The van der Waals surface area contributed by atoms with E-state index in [1.54, 1.807) is 23.1 Å². The molecular formula is C20H19Cl2N5O2. The van der Waals surface area contributed by atoms with E-state index in [1.807, 2.05) is 24.3 Å². The van der Waals surface area contributed by atoms with Crippen molar-refractivity contribution in [2.45, 2.75) is 0 Å². The van der Waals surface area contributed by atoms with E-state index in [0.717, 1.165) is 18.8 Å². The molecule has 1 aliphatic heterocycles. The highest BCUT2D eigenvalue weighted by molar-refractivity contribution is 6.31. The number of nitrogens with one attached hydrogen (secondary N) is 1. The van der Waals surface area contributed by atoms with Gasteiger partial charge in [-0.3, -0.25) is 5.32 Å². The number of aromatic nitrogens is 2. The maximum absolute atomic E-state index is 12.7. The normalized spacial score (nSPS) is 14.2. The summed E-state index contributed by atoms with van der Waals surface area (Å²) in [6.45, 7) is 2.64. The lowest BCUT2D eigenvalue weighted by Crippen LogP contribution is -2.50. The van der Waals surface area contributed by atoms with Crippen molar-refractivity contribution in [3.05, 3.63) is 52.5 Å². The zero-order valence-corrected chi connectivity index (χ0v) is 17.2. The fourth-order valence-electron chi connectivity index (χ4n) is 3.24. The van der Waals surface area contributed by atoms with Crippen molar-refractivity contribution in [1.82, 2.24) is 14.9 Å². The molecule has 2 aromatic carbocycles. The van der Waals surface area contributed by atoms with Gasteiger partial charge in [-0.1, -0.05) is 23.2 Å². The number of halogens is 2. The molecule has 1 aliphatic rings. The van der Waals surface area contributed by atoms with Crippen molar-refractivity contribution in [3.8, 4) is 5.88 Å². The van der Waals surface area contributed by atoms with Gasteiger partial charge in [0.1, 0.15) is 0 Å². The molecule has 0 unspecified atom stereocenters. The standard InChI is InChI=1S/C20H19Cl2N5O2/c1-29-19-18(23-16-7-4-14(22)12-17(16)24-19)25-20(28)27-10-8-26(9-11-27)15-5-2-13(21)3-6-15/h2-7,12H,8-11H2,1H3,(H,23,25,28). The molecular weight excluding hydrogens is 413 g/mol. The van der Waals surface area contributed by atoms with E-state index in [9.17, 15) is 4.79 Å². The number of methoxy groups -OCH3 is 1. The number of benzene rings is 2. The summed E-state index contributed by atoms with van der Waals surface area (Å²) in [6.07, 6.45) is 0. The fourth-order valence-corrected chi connectivity index (χ4v) is 3.53. The van der Waals surface area contributed by atoms with Gasteiger partial charge < -0.3 is 14.5 Å². The first kappa shape index (κ1) is 19.5. The number of piperazine rings is 1. The van der Waals surface area contributed by atoms with Crippen LogP contribution >= 0.6 is 23.2 Å². The van der Waals surface area contributed by atoms with Gasteiger partial charge in [0.25, 0.3) is 5.88 Å². The second-order valence-electron chi connectivity index (χ2n) is 6.60. The van der Waals surface area contributed by atoms with Crippen molar-refractivity contribution in [3.63, 3.8) is 0 Å². The van der Waals surface area contributed by atoms with Crippen LogP contribution in [0.4, 0.5) is 16.3 Å². The third kappa shape index (κ3) is 4.31. The molecule has 2 amide bonds. The van der Waals surface area contributed by atoms with Crippen molar-refractivity contribution < 1.29 is 9.53 Å². The first-order valence-electron chi connectivity index (χ1n) is 9.11. The molecule has 1 aromatic heterocycles. The summed E-state index contributed by atoms with van der Waals surface area (Å²) in [6, 6.07) is 12.7. The zero-order valence-electron chi connectivity index (χ0n) is 15.7. The van der Waals surface area contributed by atoms with Crippen molar-refractivity contribution in [1.29, 1.82) is 0 Å². The lowest BCUT2D eigenvalue weighted by atomic mass is 10.2. The summed E-state index contributed by atoms with van der Waals surface area (Å²) < 4.78 is 5.30. The van der Waals surface area contributed by atoms with Gasteiger partial charge in [0.2, 0.25) is 0 Å². The van der Waals surface area contributed by atoms with Gasteiger partial charge >= 0.3 is 6.03 Å². The molecule has 0 radical (unpaired) electrons. The van der Waals surface area contributed by atoms with Gasteiger partial charge in [-0.25, -0.2) is 14.8 Å². The molecule has 3 aromatic rings. The van der Waals surface area contributed by atoms with Crippen LogP contribution in [-0.2, 0) is 0 Å². The molecule has 0 aliphatic carbocycles. The maximum Gasteiger partial charge on any atom is 0.323 e. The molecule has 1 N–H and O–H groups in total. The molecule has 0 spiro atoms. The molecule has 150 valence electrons. The fraction of sp³-hybridized carbons (Fsp3) is 0.250. The van der Waals surface area contributed by atoms with E-state index in [1.165, 1.54) is 7.11 Å². The van der Waals surface area contributed by atoms with Crippen molar-refractivity contribution in [2.24, 2.45) is 0 Å². The van der Waals surface area contributed by atoms with E-state index in [4.69, 9.17) is 27.9 Å². The van der Waals surface area contributed by atoms with E-state index in [-0.39, 0.29) is 17.7 Å². The van der Waals surface area contributed by atoms with Crippen molar-refractivity contribution >= 4 is 51.8 Å². The number of hydrogen-bond acceptors (Lipinski definition) is 5. The number of fused-ring (bicyclic) bond motifs is 1. The van der Waals surface area contributed by atoms with Crippen LogP contribution in [0.1, 0.15) is 0 Å². The van der Waals surface area contributed by atoms with E-state index >= 15 is 0 Å². The Hall–Kier alpha value is -2.77. The van der Waals surface area contributed by atoms with Gasteiger partial charge in [0.15, 0.2) is 5.82 Å². The van der Waals surface area contributed by atoms with Crippen LogP contribution < -0.4 is 15.0 Å². The monoisotopic (exact) mass is 431 g/mol. The Balaban J connectivity index is 1.44. The summed E-state index contributed by atoms with van der Waals surface area (Å²) in [5.74, 6) is 0.528. The Labute approximate surface area is 178 Å². The molecule has 0 saturated carbocycles. The number of carbonyl (C=O) groups excluding carboxylic acids is 1. The van der Waals surface area contributed by atoms with Crippen LogP contribution in [0.25, 0.3) is 11.0 Å². The summed E-state index contributed by atoms with van der Waals surface area (Å²) in [5.41, 5.74) is 2.32. The van der Waals surface area contributed by atoms with Crippen LogP contribution in [-0.4, -0.2) is 54.2 Å². The minimum Gasteiger partial charge on any atom is -0.478 e. The predicted octanol–water partition coefficient (Wildman–Crippen LogP) is 4.30. The van der Waals surface area contributed by atoms with Crippen LogP contribution in [0.15, 0.2) is 42.5 Å². The maximum atomic E-state index is 12.7. The summed E-state index contributed by atoms with van der Waals surface area (Å²) in [4.78, 5) is 25.6. The minimum atomic E-state index is -0.235. The highest BCUT2D eigenvalue weighted by Gasteiger charge is 2.23. The third-order valence-electron chi connectivity index (χ3n) is 4.77. The van der Waals surface area contributed by atoms with Gasteiger partial charge in [-0.2, -0.15) is 0 Å². The van der Waals surface area contributed by atoms with Crippen molar-refractivity contribution in [2.75, 3.05) is 43.5 Å². The lowest BCUT2D eigenvalue weighted by Gasteiger charge is -2.36.